The van der Waals surface area contributed by atoms with Gasteiger partial charge in [-0.05, 0) is 17.7 Å². The number of benzene rings is 1. The van der Waals surface area contributed by atoms with E-state index in [2.05, 4.69) is 10.2 Å². The smallest absolute Gasteiger partial charge is 0.231 e. The van der Waals surface area contributed by atoms with Crippen LogP contribution in [0.5, 0.6) is 11.5 Å². The number of aromatic nitrogens is 2. The van der Waals surface area contributed by atoms with E-state index >= 15 is 0 Å². The van der Waals surface area contributed by atoms with Gasteiger partial charge in [0.2, 0.25) is 6.79 Å². The number of aromatic amines is 1. The number of hydrogen-bond donors (Lipinski definition) is 2. The Kier molecular flexibility index (Phi) is 3.00. The fourth-order valence-electron chi connectivity index (χ4n) is 2.15. The molecule has 3 rings (SSSR count). The van der Waals surface area contributed by atoms with E-state index in [9.17, 15) is 0 Å². The third-order valence-corrected chi connectivity index (χ3v) is 3.09. The van der Waals surface area contributed by atoms with E-state index in [1.54, 1.807) is 7.11 Å². The summed E-state index contributed by atoms with van der Waals surface area (Å²) in [7, 11) is 1.67. The van der Waals surface area contributed by atoms with Crippen LogP contribution >= 0.6 is 0 Å². The SMILES string of the molecule is COCCc1[nH]nc(N)c1-c1ccc2c(c1)OCO2. The first-order valence-corrected chi connectivity index (χ1v) is 6.01. The number of ether oxygens (including phenoxy) is 3. The second-order valence-corrected chi connectivity index (χ2v) is 4.27. The average Bonchev–Trinajstić information content (AvgIpc) is 3.01. The summed E-state index contributed by atoms with van der Waals surface area (Å²) in [5.41, 5.74) is 8.75. The van der Waals surface area contributed by atoms with E-state index in [-0.39, 0.29) is 6.79 Å². The molecule has 19 heavy (non-hydrogen) atoms. The summed E-state index contributed by atoms with van der Waals surface area (Å²) in [5, 5.41) is 7.01. The van der Waals surface area contributed by atoms with Gasteiger partial charge in [-0.1, -0.05) is 6.07 Å². The topological polar surface area (TPSA) is 82.4 Å². The van der Waals surface area contributed by atoms with Gasteiger partial charge in [0.25, 0.3) is 0 Å². The normalized spacial score (nSPS) is 12.9. The van der Waals surface area contributed by atoms with Crippen molar-refractivity contribution in [3.8, 4) is 22.6 Å². The van der Waals surface area contributed by atoms with Gasteiger partial charge in [0.05, 0.1) is 6.61 Å². The maximum atomic E-state index is 5.94. The fraction of sp³-hybridized carbons (Fsp3) is 0.308. The van der Waals surface area contributed by atoms with Crippen LogP contribution in [0.3, 0.4) is 0 Å². The molecule has 3 N–H and O–H groups in total. The molecule has 0 fully saturated rings. The number of methoxy groups -OCH3 is 1. The lowest BCUT2D eigenvalue weighted by Crippen LogP contribution is -1.97. The van der Waals surface area contributed by atoms with Crippen molar-refractivity contribution in [1.29, 1.82) is 0 Å². The van der Waals surface area contributed by atoms with Gasteiger partial charge in [-0.25, -0.2) is 0 Å². The van der Waals surface area contributed by atoms with Crippen LogP contribution in [0.2, 0.25) is 0 Å². The predicted octanol–water partition coefficient (Wildman–Crippen LogP) is 1.58. The first-order valence-electron chi connectivity index (χ1n) is 6.01. The zero-order valence-electron chi connectivity index (χ0n) is 10.6. The van der Waals surface area contributed by atoms with Gasteiger partial charge in [-0.15, -0.1) is 0 Å². The third-order valence-electron chi connectivity index (χ3n) is 3.09. The van der Waals surface area contributed by atoms with Crippen LogP contribution in [0.25, 0.3) is 11.1 Å². The lowest BCUT2D eigenvalue weighted by Gasteiger charge is -2.05. The Morgan fingerprint density at radius 1 is 1.37 bits per heavy atom. The highest BCUT2D eigenvalue weighted by Crippen LogP contribution is 2.38. The van der Waals surface area contributed by atoms with Crippen molar-refractivity contribution < 1.29 is 14.2 Å². The third kappa shape index (κ3) is 2.10. The van der Waals surface area contributed by atoms with Crippen molar-refractivity contribution in [2.24, 2.45) is 0 Å². The second kappa shape index (κ2) is 4.81. The maximum absolute atomic E-state index is 5.94. The number of rotatable bonds is 4. The van der Waals surface area contributed by atoms with E-state index in [4.69, 9.17) is 19.9 Å². The van der Waals surface area contributed by atoms with Crippen LogP contribution in [0.15, 0.2) is 18.2 Å². The number of nitrogens with two attached hydrogens (primary N) is 1. The van der Waals surface area contributed by atoms with Gasteiger partial charge in [-0.2, -0.15) is 5.10 Å². The van der Waals surface area contributed by atoms with Crippen molar-refractivity contribution in [3.63, 3.8) is 0 Å². The van der Waals surface area contributed by atoms with Gasteiger partial charge in [0, 0.05) is 24.8 Å². The number of fused-ring (bicyclic) bond motifs is 1. The van der Waals surface area contributed by atoms with Crippen LogP contribution < -0.4 is 15.2 Å². The zero-order chi connectivity index (χ0) is 13.2. The van der Waals surface area contributed by atoms with Gasteiger partial charge < -0.3 is 19.9 Å². The van der Waals surface area contributed by atoms with Gasteiger partial charge >= 0.3 is 0 Å². The Labute approximate surface area is 110 Å². The molecule has 1 aromatic carbocycles. The molecule has 0 bridgehead atoms. The van der Waals surface area contributed by atoms with Crippen LogP contribution in [-0.2, 0) is 11.2 Å². The molecule has 0 radical (unpaired) electrons. The first-order chi connectivity index (χ1) is 9.29. The summed E-state index contributed by atoms with van der Waals surface area (Å²) in [5.74, 6) is 1.96. The molecule has 6 nitrogen and oxygen atoms in total. The average molecular weight is 261 g/mol. The van der Waals surface area contributed by atoms with Crippen molar-refractivity contribution in [2.75, 3.05) is 26.2 Å². The monoisotopic (exact) mass is 261 g/mol. The molecule has 0 unspecified atom stereocenters. The standard InChI is InChI=1S/C13H15N3O3/c1-17-5-4-9-12(13(14)16-15-9)8-2-3-10-11(6-8)19-7-18-10/h2-3,6H,4-5,7H2,1H3,(H3,14,15,16). The molecule has 2 heterocycles. The van der Waals surface area contributed by atoms with E-state index in [1.165, 1.54) is 0 Å². The summed E-state index contributed by atoms with van der Waals surface area (Å²) in [6.45, 7) is 0.870. The van der Waals surface area contributed by atoms with Crippen molar-refractivity contribution >= 4 is 5.82 Å². The number of nitrogens with zero attached hydrogens (tertiary/aromatic N) is 1. The van der Waals surface area contributed by atoms with Gasteiger partial charge in [-0.3, -0.25) is 5.10 Å². The lowest BCUT2D eigenvalue weighted by atomic mass is 10.0. The number of nitrogen functional groups attached to an aromatic ring is 1. The molecule has 2 aromatic rings. The summed E-state index contributed by atoms with van der Waals surface area (Å²) >= 11 is 0. The molecule has 0 amide bonds. The van der Waals surface area contributed by atoms with Crippen LogP contribution in [0, 0.1) is 0 Å². The second-order valence-electron chi connectivity index (χ2n) is 4.27. The Morgan fingerprint density at radius 2 is 2.21 bits per heavy atom. The molecule has 0 spiro atoms. The minimum absolute atomic E-state index is 0.260. The largest absolute Gasteiger partial charge is 0.454 e. The van der Waals surface area contributed by atoms with E-state index in [1.807, 2.05) is 18.2 Å². The van der Waals surface area contributed by atoms with E-state index in [0.717, 1.165) is 34.7 Å². The molecule has 6 heteroatoms. The Bertz CT molecular complexity index is 595. The van der Waals surface area contributed by atoms with Crippen LogP contribution in [-0.4, -0.2) is 30.7 Å². The molecule has 0 atom stereocenters. The highest BCUT2D eigenvalue weighted by Gasteiger charge is 2.18. The minimum Gasteiger partial charge on any atom is -0.454 e. The number of nitrogens with one attached hydrogen (secondary N) is 1. The number of H-pyrrole nitrogens is 1. The Morgan fingerprint density at radius 3 is 3.05 bits per heavy atom. The van der Waals surface area contributed by atoms with Gasteiger partial charge in [0.15, 0.2) is 17.3 Å². The number of hydrogen-bond acceptors (Lipinski definition) is 5. The molecular formula is C13H15N3O3. The molecule has 0 aliphatic carbocycles. The minimum atomic E-state index is 0.260. The Balaban J connectivity index is 1.99. The molecule has 1 aromatic heterocycles. The van der Waals surface area contributed by atoms with Gasteiger partial charge in [0.1, 0.15) is 0 Å². The number of anilines is 1. The van der Waals surface area contributed by atoms with E-state index < -0.39 is 0 Å². The lowest BCUT2D eigenvalue weighted by molar-refractivity contribution is 0.174. The predicted molar refractivity (Wildman–Crippen MR) is 70.1 cm³/mol. The molecular weight excluding hydrogens is 246 g/mol. The van der Waals surface area contributed by atoms with Crippen molar-refractivity contribution in [3.05, 3.63) is 23.9 Å². The first kappa shape index (κ1) is 11.9. The summed E-state index contributed by atoms with van der Waals surface area (Å²) in [6, 6.07) is 5.75. The molecule has 0 saturated heterocycles. The fourth-order valence-corrected chi connectivity index (χ4v) is 2.15. The van der Waals surface area contributed by atoms with Crippen LogP contribution in [0.1, 0.15) is 5.69 Å². The highest BCUT2D eigenvalue weighted by atomic mass is 16.7. The molecule has 1 aliphatic heterocycles. The van der Waals surface area contributed by atoms with E-state index in [0.29, 0.717) is 12.4 Å². The molecule has 100 valence electrons. The summed E-state index contributed by atoms with van der Waals surface area (Å²) in [6.07, 6.45) is 0.727. The zero-order valence-corrected chi connectivity index (χ0v) is 10.6. The quantitative estimate of drug-likeness (QED) is 0.873. The summed E-state index contributed by atoms with van der Waals surface area (Å²) in [4.78, 5) is 0. The van der Waals surface area contributed by atoms with Crippen molar-refractivity contribution in [2.45, 2.75) is 6.42 Å². The van der Waals surface area contributed by atoms with Crippen LogP contribution in [0.4, 0.5) is 5.82 Å². The Hall–Kier alpha value is -2.21. The maximum Gasteiger partial charge on any atom is 0.231 e. The highest BCUT2D eigenvalue weighted by molar-refractivity contribution is 5.78. The summed E-state index contributed by atoms with van der Waals surface area (Å²) < 4.78 is 15.8. The molecule has 0 saturated carbocycles. The van der Waals surface area contributed by atoms with Crippen molar-refractivity contribution in [1.82, 2.24) is 10.2 Å². The molecule has 1 aliphatic rings.